The smallest absolute Gasteiger partial charge is 0.342 e. The number of imide groups is 3. The number of fused-ring (bicyclic) bond motifs is 1. The van der Waals surface area contributed by atoms with Gasteiger partial charge >= 0.3 is 6.03 Å². The molecule has 14 heteroatoms. The number of nitrogens with two attached hydrogens (primary N) is 3. The van der Waals surface area contributed by atoms with Crippen LogP contribution in [0.2, 0.25) is 0 Å². The zero-order valence-electron chi connectivity index (χ0n) is 37.8. The third kappa shape index (κ3) is 12.5. The lowest BCUT2D eigenvalue weighted by Crippen LogP contribution is -2.56. The number of carbonyl (C=O) groups excluding carboxylic acids is 6. The first kappa shape index (κ1) is 48.7. The number of benzene rings is 2. The first-order valence-electron chi connectivity index (χ1n) is 23.9. The summed E-state index contributed by atoms with van der Waals surface area (Å²) in [6, 6.07) is 11.8. The quantitative estimate of drug-likeness (QED) is 0.0922. The van der Waals surface area contributed by atoms with Crippen LogP contribution in [0.3, 0.4) is 0 Å². The van der Waals surface area contributed by atoms with Crippen LogP contribution in [0, 0.1) is 18.3 Å². The fourth-order valence-corrected chi connectivity index (χ4v) is 10.1. The molecule has 6 rings (SSSR count). The molecule has 1 aliphatic heterocycles. The van der Waals surface area contributed by atoms with Crippen LogP contribution in [0.15, 0.2) is 60.8 Å². The Morgan fingerprint density at radius 1 is 0.766 bits per heavy atom. The molecule has 0 unspecified atom stereocenters. The van der Waals surface area contributed by atoms with E-state index in [1.165, 1.54) is 4.57 Å². The Kier molecular flexibility index (Phi) is 18.2. The number of aromatic nitrogens is 1. The number of unbranched alkanes of at least 4 members (excludes halogenated alkanes) is 1. The van der Waals surface area contributed by atoms with Crippen molar-refractivity contribution < 1.29 is 28.8 Å². The summed E-state index contributed by atoms with van der Waals surface area (Å²) in [6.07, 6.45) is 17.6. The maximum absolute atomic E-state index is 14.7. The van der Waals surface area contributed by atoms with Crippen LogP contribution < -0.4 is 27.8 Å². The van der Waals surface area contributed by atoms with Crippen molar-refractivity contribution in [2.24, 2.45) is 29.0 Å². The largest absolute Gasteiger partial charge is 0.343 e. The molecule has 0 spiro atoms. The van der Waals surface area contributed by atoms with E-state index in [2.05, 4.69) is 10.6 Å². The van der Waals surface area contributed by atoms with Gasteiger partial charge in [0.05, 0.1) is 29.7 Å². The number of ketones is 1. The van der Waals surface area contributed by atoms with Crippen molar-refractivity contribution in [1.29, 1.82) is 0 Å². The fraction of sp³-hybridized carbons (Fsp3) is 0.580. The highest BCUT2D eigenvalue weighted by Crippen LogP contribution is 2.31. The van der Waals surface area contributed by atoms with Gasteiger partial charge in [0.1, 0.15) is 6.04 Å². The number of hydrogen-bond donors (Lipinski definition) is 5. The molecular weight excluding hydrogens is 809 g/mol. The number of hydrogen-bond acceptors (Lipinski definition) is 10. The van der Waals surface area contributed by atoms with Gasteiger partial charge in [-0.3, -0.25) is 28.5 Å². The molecule has 3 aliphatic rings. The highest BCUT2D eigenvalue weighted by Gasteiger charge is 2.40. The van der Waals surface area contributed by atoms with Crippen molar-refractivity contribution in [1.82, 2.24) is 25.0 Å². The minimum Gasteiger partial charge on any atom is -0.343 e. The SMILES string of the molecule is CN[C@@H](Cc1ccccc1)C(=O)N[C@@H](CCCCN)C(=O)N1CCC[C@H]1C(=O)[CH]Cc1cn(C(=O)N(C(=O)[C@H](N)CC2CCCCC2)C(=O)[C@@H](N)CC2CCCCC2)c2ccccc12. The topological polar surface area (TPSA) is 216 Å². The summed E-state index contributed by atoms with van der Waals surface area (Å²) >= 11 is 0. The van der Waals surface area contributed by atoms with Crippen LogP contribution in [0.1, 0.15) is 120 Å². The standard InChI is InChI=1S/C50H71N8O6/c1-54-42(32-36-20-9-4-10-21-36)46(60)55-41(23-13-14-28-51)49(63)56-29-15-25-44(56)45(59)27-26-37-33-57(43-24-12-11-22-38(37)43)50(64)58(47(61)39(52)30-34-16-5-2-6-17-34)48(62)40(53)31-35-18-7-3-8-19-35/h4,9-12,20-22,24,27,33-35,39-42,44,54H,2-3,5-8,13-19,23,25-26,28-32,51-53H2,1H3,(H,55,60)/t39-,40+,41-,42-,44-/m0/s1. The Bertz CT molecular complexity index is 2010. The van der Waals surface area contributed by atoms with Crippen molar-refractivity contribution in [2.75, 3.05) is 20.1 Å². The average molecular weight is 880 g/mol. The summed E-state index contributed by atoms with van der Waals surface area (Å²) in [7, 11) is 1.72. The maximum atomic E-state index is 14.7. The molecule has 1 saturated heterocycles. The molecule has 3 fully saturated rings. The summed E-state index contributed by atoms with van der Waals surface area (Å²) in [5.74, 6) is -1.85. The van der Waals surface area contributed by atoms with Gasteiger partial charge in [-0.25, -0.2) is 4.79 Å². The van der Waals surface area contributed by atoms with Crippen molar-refractivity contribution in [3.63, 3.8) is 0 Å². The Morgan fingerprint density at radius 3 is 1.98 bits per heavy atom. The molecule has 347 valence electrons. The van der Waals surface area contributed by atoms with E-state index in [0.717, 1.165) is 69.8 Å². The Balaban J connectivity index is 1.18. The average Bonchev–Trinajstić information content (AvgIpc) is 3.96. The predicted molar refractivity (Wildman–Crippen MR) is 248 cm³/mol. The Hall–Kier alpha value is -4.76. The molecule has 5 atom stereocenters. The van der Waals surface area contributed by atoms with Gasteiger partial charge in [0.15, 0.2) is 5.78 Å². The van der Waals surface area contributed by atoms with E-state index in [1.54, 1.807) is 36.7 Å². The molecule has 1 radical (unpaired) electrons. The lowest BCUT2D eigenvalue weighted by atomic mass is 9.84. The summed E-state index contributed by atoms with van der Waals surface area (Å²) in [5, 5.41) is 6.75. The minimum atomic E-state index is -1.05. The first-order valence-corrected chi connectivity index (χ1v) is 23.9. The molecule has 2 heterocycles. The van der Waals surface area contributed by atoms with E-state index in [1.807, 2.05) is 42.5 Å². The van der Waals surface area contributed by atoms with Crippen LogP contribution in [-0.4, -0.2) is 100 Å². The number of likely N-dealkylation sites (N-methyl/N-ethyl adjacent to an activating group) is 1. The summed E-state index contributed by atoms with van der Waals surface area (Å²) < 4.78 is 1.30. The number of Topliss-reactive ketones (excluding diaryl/α,β-unsaturated/α-hetero) is 1. The van der Waals surface area contributed by atoms with Gasteiger partial charge in [0.25, 0.3) is 11.8 Å². The van der Waals surface area contributed by atoms with Crippen LogP contribution in [0.25, 0.3) is 10.9 Å². The molecule has 1 aromatic heterocycles. The van der Waals surface area contributed by atoms with Gasteiger partial charge in [-0.05, 0) is 100 Å². The van der Waals surface area contributed by atoms with Gasteiger partial charge in [-0.2, -0.15) is 4.90 Å². The molecule has 14 nitrogen and oxygen atoms in total. The van der Waals surface area contributed by atoms with Gasteiger partial charge in [0.2, 0.25) is 11.8 Å². The molecule has 64 heavy (non-hydrogen) atoms. The zero-order chi connectivity index (χ0) is 45.6. The van der Waals surface area contributed by atoms with E-state index >= 15 is 0 Å². The van der Waals surface area contributed by atoms with Crippen molar-refractivity contribution in [3.8, 4) is 0 Å². The second kappa shape index (κ2) is 24.0. The van der Waals surface area contributed by atoms with E-state index in [0.29, 0.717) is 85.8 Å². The van der Waals surface area contributed by atoms with E-state index in [9.17, 15) is 28.8 Å². The highest BCUT2D eigenvalue weighted by molar-refractivity contribution is 6.15. The number of nitrogens with one attached hydrogen (secondary N) is 2. The van der Waals surface area contributed by atoms with E-state index < -0.39 is 48.1 Å². The third-order valence-electron chi connectivity index (χ3n) is 13.8. The molecule has 2 aliphatic carbocycles. The maximum Gasteiger partial charge on any atom is 0.342 e. The predicted octanol–water partition coefficient (Wildman–Crippen LogP) is 5.31. The van der Waals surface area contributed by atoms with E-state index in [-0.39, 0.29) is 35.9 Å². The lowest BCUT2D eigenvalue weighted by molar-refractivity contribution is -0.143. The zero-order valence-corrected chi connectivity index (χ0v) is 37.8. The Morgan fingerprint density at radius 2 is 1.38 bits per heavy atom. The van der Waals surface area contributed by atoms with Crippen molar-refractivity contribution in [2.45, 2.75) is 152 Å². The third-order valence-corrected chi connectivity index (χ3v) is 13.8. The molecule has 0 bridgehead atoms. The normalized spacial score (nSPS) is 19.2. The molecule has 2 saturated carbocycles. The number of para-hydroxylation sites is 1. The van der Waals surface area contributed by atoms with Gasteiger partial charge < -0.3 is 32.7 Å². The number of nitrogens with zero attached hydrogens (tertiary/aromatic N) is 3. The van der Waals surface area contributed by atoms with Crippen LogP contribution in [0.4, 0.5) is 4.79 Å². The van der Waals surface area contributed by atoms with Gasteiger partial charge in [-0.15, -0.1) is 0 Å². The highest BCUT2D eigenvalue weighted by atomic mass is 16.2. The second-order valence-electron chi connectivity index (χ2n) is 18.4. The molecular formula is C50H71N8O6. The lowest BCUT2D eigenvalue weighted by Gasteiger charge is -2.30. The number of amides is 5. The molecule has 2 aromatic carbocycles. The monoisotopic (exact) mass is 880 g/mol. The Labute approximate surface area is 378 Å². The fourth-order valence-electron chi connectivity index (χ4n) is 10.1. The van der Waals surface area contributed by atoms with Crippen LogP contribution >= 0.6 is 0 Å². The van der Waals surface area contributed by atoms with Crippen LogP contribution in [-0.2, 0) is 36.8 Å². The second-order valence-corrected chi connectivity index (χ2v) is 18.4. The summed E-state index contributed by atoms with van der Waals surface area (Å²) in [5.41, 5.74) is 21.0. The minimum absolute atomic E-state index is 0.127. The van der Waals surface area contributed by atoms with Gasteiger partial charge in [-0.1, -0.05) is 113 Å². The number of rotatable bonds is 20. The first-order chi connectivity index (χ1) is 31.0. The summed E-state index contributed by atoms with van der Waals surface area (Å²) in [6.45, 7) is 0.833. The molecule has 8 N–H and O–H groups in total. The van der Waals surface area contributed by atoms with Crippen LogP contribution in [0.5, 0.6) is 0 Å². The van der Waals surface area contributed by atoms with Gasteiger partial charge in [0, 0.05) is 24.5 Å². The summed E-state index contributed by atoms with van der Waals surface area (Å²) in [4.78, 5) is 87.4. The van der Waals surface area contributed by atoms with Crippen molar-refractivity contribution >= 4 is 46.3 Å². The van der Waals surface area contributed by atoms with Crippen molar-refractivity contribution in [3.05, 3.63) is 78.3 Å². The molecule has 3 aromatic rings. The molecule has 5 amide bonds. The number of carbonyl (C=O) groups is 6. The van der Waals surface area contributed by atoms with E-state index in [4.69, 9.17) is 17.2 Å². The number of likely N-dealkylation sites (tertiary alicyclic amines) is 1.